The lowest BCUT2D eigenvalue weighted by atomic mass is 10.1. The Morgan fingerprint density at radius 1 is 1.22 bits per heavy atom. The van der Waals surface area contributed by atoms with Crippen LogP contribution in [0.5, 0.6) is 0 Å². The Morgan fingerprint density at radius 3 is 2.89 bits per heavy atom. The molecule has 1 aromatic carbocycles. The SMILES string of the molecule is CC1(c2noc(-c3ccc4c(c3)CNC4)n2)CC1. The molecule has 2 heterocycles. The third-order valence-corrected chi connectivity index (χ3v) is 4.05. The van der Waals surface area contributed by atoms with E-state index in [-0.39, 0.29) is 5.41 Å². The number of nitrogens with one attached hydrogen (secondary N) is 1. The van der Waals surface area contributed by atoms with Gasteiger partial charge >= 0.3 is 0 Å². The summed E-state index contributed by atoms with van der Waals surface area (Å²) < 4.78 is 5.40. The maximum atomic E-state index is 5.40. The van der Waals surface area contributed by atoms with Crippen molar-refractivity contribution in [2.24, 2.45) is 0 Å². The summed E-state index contributed by atoms with van der Waals surface area (Å²) in [5, 5.41) is 7.46. The number of rotatable bonds is 2. The van der Waals surface area contributed by atoms with Crippen molar-refractivity contribution in [1.82, 2.24) is 15.5 Å². The van der Waals surface area contributed by atoms with Crippen LogP contribution in [0.3, 0.4) is 0 Å². The maximum absolute atomic E-state index is 5.40. The summed E-state index contributed by atoms with van der Waals surface area (Å²) in [6.07, 6.45) is 2.33. The monoisotopic (exact) mass is 241 g/mol. The van der Waals surface area contributed by atoms with Crippen molar-refractivity contribution in [2.45, 2.75) is 38.3 Å². The molecule has 1 saturated carbocycles. The molecule has 0 radical (unpaired) electrons. The van der Waals surface area contributed by atoms with Crippen LogP contribution in [-0.4, -0.2) is 10.1 Å². The van der Waals surface area contributed by atoms with Gasteiger partial charge < -0.3 is 9.84 Å². The Balaban J connectivity index is 1.72. The number of aromatic nitrogens is 2. The molecular weight excluding hydrogens is 226 g/mol. The standard InChI is InChI=1S/C14H15N3O/c1-14(4-5-14)13-16-12(18-17-13)9-2-3-10-7-15-8-11(10)6-9/h2-3,6,15H,4-5,7-8H2,1H3. The molecule has 0 atom stereocenters. The van der Waals surface area contributed by atoms with Gasteiger partial charge in [0, 0.05) is 24.1 Å². The molecule has 4 heteroatoms. The second kappa shape index (κ2) is 3.42. The lowest BCUT2D eigenvalue weighted by molar-refractivity contribution is 0.416. The molecule has 2 aromatic rings. The van der Waals surface area contributed by atoms with E-state index in [9.17, 15) is 0 Å². The van der Waals surface area contributed by atoms with E-state index in [2.05, 4.69) is 40.6 Å². The van der Waals surface area contributed by atoms with Crippen LogP contribution in [0, 0.1) is 0 Å². The second-order valence-electron chi connectivity index (χ2n) is 5.57. The van der Waals surface area contributed by atoms with Gasteiger partial charge in [-0.2, -0.15) is 4.98 Å². The highest BCUT2D eigenvalue weighted by Gasteiger charge is 2.43. The Hall–Kier alpha value is -1.68. The summed E-state index contributed by atoms with van der Waals surface area (Å²) in [6.45, 7) is 4.08. The number of nitrogens with zero attached hydrogens (tertiary/aromatic N) is 2. The average Bonchev–Trinajstić information content (AvgIpc) is 2.89. The Morgan fingerprint density at radius 2 is 2.06 bits per heavy atom. The van der Waals surface area contributed by atoms with Crippen LogP contribution in [0.1, 0.15) is 36.7 Å². The number of benzene rings is 1. The number of hydrogen-bond acceptors (Lipinski definition) is 4. The minimum absolute atomic E-state index is 0.167. The molecule has 1 fully saturated rings. The van der Waals surface area contributed by atoms with Gasteiger partial charge in [-0.05, 0) is 36.1 Å². The molecule has 92 valence electrons. The van der Waals surface area contributed by atoms with Crippen LogP contribution in [-0.2, 0) is 18.5 Å². The van der Waals surface area contributed by atoms with E-state index in [4.69, 9.17) is 4.52 Å². The Bertz CT molecular complexity index is 613. The van der Waals surface area contributed by atoms with E-state index in [0.29, 0.717) is 5.89 Å². The van der Waals surface area contributed by atoms with E-state index >= 15 is 0 Å². The fourth-order valence-corrected chi connectivity index (χ4v) is 2.42. The molecule has 0 unspecified atom stereocenters. The van der Waals surface area contributed by atoms with Crippen LogP contribution >= 0.6 is 0 Å². The summed E-state index contributed by atoms with van der Waals surface area (Å²) in [4.78, 5) is 4.54. The minimum Gasteiger partial charge on any atom is -0.334 e. The molecule has 4 rings (SSSR count). The highest BCUT2D eigenvalue weighted by molar-refractivity contribution is 5.56. The summed E-state index contributed by atoms with van der Waals surface area (Å²) >= 11 is 0. The third kappa shape index (κ3) is 1.49. The van der Waals surface area contributed by atoms with E-state index in [1.165, 1.54) is 24.0 Å². The van der Waals surface area contributed by atoms with Crippen molar-refractivity contribution in [2.75, 3.05) is 0 Å². The zero-order valence-electron chi connectivity index (χ0n) is 10.4. The smallest absolute Gasteiger partial charge is 0.257 e. The molecular formula is C14H15N3O. The molecule has 2 aliphatic rings. The third-order valence-electron chi connectivity index (χ3n) is 4.05. The van der Waals surface area contributed by atoms with Gasteiger partial charge in [-0.3, -0.25) is 0 Å². The zero-order valence-corrected chi connectivity index (χ0v) is 10.4. The van der Waals surface area contributed by atoms with Crippen LogP contribution in [0.25, 0.3) is 11.5 Å². The predicted molar refractivity (Wildman–Crippen MR) is 66.9 cm³/mol. The molecule has 1 aromatic heterocycles. The van der Waals surface area contributed by atoms with Gasteiger partial charge in [0.25, 0.3) is 5.89 Å². The van der Waals surface area contributed by atoms with E-state index < -0.39 is 0 Å². The molecule has 18 heavy (non-hydrogen) atoms. The van der Waals surface area contributed by atoms with Gasteiger partial charge in [0.05, 0.1) is 0 Å². The molecule has 1 aliphatic heterocycles. The van der Waals surface area contributed by atoms with E-state index in [0.717, 1.165) is 24.5 Å². The molecule has 0 saturated heterocycles. The molecule has 1 N–H and O–H groups in total. The topological polar surface area (TPSA) is 51.0 Å². The first-order chi connectivity index (χ1) is 8.74. The number of fused-ring (bicyclic) bond motifs is 1. The Kier molecular flexibility index (Phi) is 1.95. The van der Waals surface area contributed by atoms with Gasteiger partial charge in [-0.15, -0.1) is 0 Å². The zero-order chi connectivity index (χ0) is 12.2. The van der Waals surface area contributed by atoms with Crippen molar-refractivity contribution in [3.63, 3.8) is 0 Å². The van der Waals surface area contributed by atoms with Crippen molar-refractivity contribution in [1.29, 1.82) is 0 Å². The fraction of sp³-hybridized carbons (Fsp3) is 0.429. The molecule has 0 spiro atoms. The van der Waals surface area contributed by atoms with Gasteiger partial charge in [-0.1, -0.05) is 18.1 Å². The minimum atomic E-state index is 0.167. The molecule has 4 nitrogen and oxygen atoms in total. The summed E-state index contributed by atoms with van der Waals surface area (Å²) in [7, 11) is 0. The molecule has 1 aliphatic carbocycles. The van der Waals surface area contributed by atoms with Crippen LogP contribution < -0.4 is 5.32 Å². The van der Waals surface area contributed by atoms with Gasteiger partial charge in [-0.25, -0.2) is 0 Å². The van der Waals surface area contributed by atoms with Crippen molar-refractivity contribution < 1.29 is 4.52 Å². The van der Waals surface area contributed by atoms with Crippen molar-refractivity contribution in [3.8, 4) is 11.5 Å². The van der Waals surface area contributed by atoms with Gasteiger partial charge in [0.15, 0.2) is 5.82 Å². The predicted octanol–water partition coefficient (Wildman–Crippen LogP) is 2.39. The molecule has 0 amide bonds. The second-order valence-corrected chi connectivity index (χ2v) is 5.57. The summed E-state index contributed by atoms with van der Waals surface area (Å²) in [6, 6.07) is 6.37. The van der Waals surface area contributed by atoms with E-state index in [1.54, 1.807) is 0 Å². The quantitative estimate of drug-likeness (QED) is 0.877. The highest BCUT2D eigenvalue weighted by Crippen LogP contribution is 2.46. The first kappa shape index (κ1) is 10.3. The van der Waals surface area contributed by atoms with Gasteiger partial charge in [0.1, 0.15) is 0 Å². The van der Waals surface area contributed by atoms with Crippen molar-refractivity contribution >= 4 is 0 Å². The summed E-state index contributed by atoms with van der Waals surface area (Å²) in [5.74, 6) is 1.50. The van der Waals surface area contributed by atoms with Crippen LogP contribution in [0.4, 0.5) is 0 Å². The average molecular weight is 241 g/mol. The first-order valence-electron chi connectivity index (χ1n) is 6.42. The Labute approximate surface area is 105 Å². The number of hydrogen-bond donors (Lipinski definition) is 1. The van der Waals surface area contributed by atoms with Crippen LogP contribution in [0.15, 0.2) is 22.7 Å². The highest BCUT2D eigenvalue weighted by atomic mass is 16.5. The van der Waals surface area contributed by atoms with E-state index in [1.807, 2.05) is 0 Å². The van der Waals surface area contributed by atoms with Crippen LogP contribution in [0.2, 0.25) is 0 Å². The lowest BCUT2D eigenvalue weighted by Crippen LogP contribution is -2.01. The largest absolute Gasteiger partial charge is 0.334 e. The van der Waals surface area contributed by atoms with Gasteiger partial charge in [0.2, 0.25) is 0 Å². The van der Waals surface area contributed by atoms with Crippen molar-refractivity contribution in [3.05, 3.63) is 35.2 Å². The lowest BCUT2D eigenvalue weighted by Gasteiger charge is -2.00. The first-order valence-corrected chi connectivity index (χ1v) is 6.42. The normalized spacial score (nSPS) is 19.8. The fourth-order valence-electron chi connectivity index (χ4n) is 2.42. The summed E-state index contributed by atoms with van der Waals surface area (Å²) in [5.41, 5.74) is 3.90. The maximum Gasteiger partial charge on any atom is 0.257 e. The molecule has 0 bridgehead atoms.